The smallest absolute Gasteiger partial charge is 0.126 e. The predicted molar refractivity (Wildman–Crippen MR) is 59.1 cm³/mol. The van der Waals surface area contributed by atoms with E-state index in [0.717, 1.165) is 29.7 Å². The van der Waals surface area contributed by atoms with E-state index in [1.54, 1.807) is 0 Å². The first-order valence-electron chi connectivity index (χ1n) is 5.16. The summed E-state index contributed by atoms with van der Waals surface area (Å²) in [4.78, 5) is 15.0. The molecular weight excluding hydrogens is 188 g/mol. The number of aldehydes is 1. The molecule has 0 aliphatic heterocycles. The number of fused-ring (bicyclic) bond motifs is 1. The van der Waals surface area contributed by atoms with Gasteiger partial charge in [-0.2, -0.15) is 0 Å². The van der Waals surface area contributed by atoms with E-state index < -0.39 is 0 Å². The van der Waals surface area contributed by atoms with E-state index in [-0.39, 0.29) is 0 Å². The number of carbonyl (C=O) groups is 1. The van der Waals surface area contributed by atoms with Crippen LogP contribution in [0, 0.1) is 6.92 Å². The van der Waals surface area contributed by atoms with E-state index in [1.807, 2.05) is 12.1 Å². The van der Waals surface area contributed by atoms with Gasteiger partial charge in [-0.3, -0.25) is 0 Å². The second-order valence-electron chi connectivity index (χ2n) is 3.66. The molecule has 3 heteroatoms. The normalized spacial score (nSPS) is 10.8. The number of aromatic nitrogens is 2. The van der Waals surface area contributed by atoms with Crippen molar-refractivity contribution in [3.63, 3.8) is 0 Å². The summed E-state index contributed by atoms with van der Waals surface area (Å²) in [5.74, 6) is 1.02. The number of hydrogen-bond acceptors (Lipinski definition) is 2. The summed E-state index contributed by atoms with van der Waals surface area (Å²) < 4.78 is 2.08. The van der Waals surface area contributed by atoms with Gasteiger partial charge in [0.25, 0.3) is 0 Å². The number of rotatable bonds is 3. The molecule has 2 heterocycles. The third kappa shape index (κ3) is 1.65. The quantitative estimate of drug-likeness (QED) is 0.713. The van der Waals surface area contributed by atoms with Gasteiger partial charge in [-0.05, 0) is 18.6 Å². The Morgan fingerprint density at radius 2 is 2.27 bits per heavy atom. The Labute approximate surface area is 88.8 Å². The van der Waals surface area contributed by atoms with E-state index in [0.29, 0.717) is 6.42 Å². The molecule has 0 spiro atoms. The van der Waals surface area contributed by atoms with Gasteiger partial charge in [-0.15, -0.1) is 0 Å². The summed E-state index contributed by atoms with van der Waals surface area (Å²) in [5.41, 5.74) is 3.12. The van der Waals surface area contributed by atoms with Crippen molar-refractivity contribution in [1.82, 2.24) is 9.38 Å². The lowest BCUT2D eigenvalue weighted by atomic mass is 10.2. The number of hydrogen-bond donors (Lipinski definition) is 0. The van der Waals surface area contributed by atoms with Crippen LogP contribution < -0.4 is 0 Å². The summed E-state index contributed by atoms with van der Waals surface area (Å²) in [5, 5.41) is 0. The van der Waals surface area contributed by atoms with Gasteiger partial charge in [0.2, 0.25) is 0 Å². The van der Waals surface area contributed by atoms with Crippen LogP contribution in [0.2, 0.25) is 0 Å². The van der Waals surface area contributed by atoms with Crippen LogP contribution in [-0.4, -0.2) is 15.7 Å². The molecule has 0 bridgehead atoms. The van der Waals surface area contributed by atoms with Gasteiger partial charge in [0, 0.05) is 19.0 Å². The molecule has 0 amide bonds. The molecule has 0 N–H and O–H groups in total. The fraction of sp³-hybridized carbons (Fsp3) is 0.333. The second-order valence-corrected chi connectivity index (χ2v) is 3.66. The van der Waals surface area contributed by atoms with Crippen molar-refractivity contribution >= 4 is 11.8 Å². The molecule has 15 heavy (non-hydrogen) atoms. The zero-order valence-corrected chi connectivity index (χ0v) is 9.03. The third-order valence-electron chi connectivity index (χ3n) is 2.53. The van der Waals surface area contributed by atoms with Crippen molar-refractivity contribution in [2.45, 2.75) is 26.7 Å². The number of aryl methyl sites for hydroxylation is 2. The molecule has 0 saturated carbocycles. The third-order valence-corrected chi connectivity index (χ3v) is 2.53. The molecule has 0 unspecified atom stereocenters. The molecule has 0 radical (unpaired) electrons. The molecule has 3 nitrogen and oxygen atoms in total. The molecule has 2 rings (SSSR count). The largest absolute Gasteiger partial charge is 0.303 e. The minimum Gasteiger partial charge on any atom is -0.303 e. The molecule has 2 aromatic heterocycles. The van der Waals surface area contributed by atoms with Crippen LogP contribution in [0.1, 0.15) is 24.0 Å². The molecule has 2 aromatic rings. The highest BCUT2D eigenvalue weighted by molar-refractivity contribution is 5.63. The highest BCUT2D eigenvalue weighted by Crippen LogP contribution is 2.15. The Bertz CT molecular complexity index is 500. The summed E-state index contributed by atoms with van der Waals surface area (Å²) >= 11 is 0. The highest BCUT2D eigenvalue weighted by Gasteiger charge is 2.08. The van der Waals surface area contributed by atoms with Crippen molar-refractivity contribution < 1.29 is 4.79 Å². The van der Waals surface area contributed by atoms with E-state index >= 15 is 0 Å². The van der Waals surface area contributed by atoms with Gasteiger partial charge >= 0.3 is 0 Å². The maximum Gasteiger partial charge on any atom is 0.126 e. The maximum absolute atomic E-state index is 10.5. The highest BCUT2D eigenvalue weighted by atomic mass is 16.1. The van der Waals surface area contributed by atoms with Gasteiger partial charge in [0.15, 0.2) is 0 Å². The standard InChI is InChI=1S/C12H14N2O/c1-3-12-13-10(6-7-15)11-5-4-9(2)8-14(11)12/h4-5,7-8H,3,6H2,1-2H3. The Balaban J connectivity index is 2.69. The fourth-order valence-electron chi connectivity index (χ4n) is 1.80. The molecule has 0 atom stereocenters. The lowest BCUT2D eigenvalue weighted by Crippen LogP contribution is -1.92. The first kappa shape index (κ1) is 9.90. The van der Waals surface area contributed by atoms with Crippen molar-refractivity contribution in [1.29, 1.82) is 0 Å². The topological polar surface area (TPSA) is 34.4 Å². The fourth-order valence-corrected chi connectivity index (χ4v) is 1.80. The number of imidazole rings is 1. The minimum absolute atomic E-state index is 0.395. The van der Waals surface area contributed by atoms with Crippen LogP contribution >= 0.6 is 0 Å². The van der Waals surface area contributed by atoms with Gasteiger partial charge in [0.05, 0.1) is 11.2 Å². The molecule has 0 fully saturated rings. The summed E-state index contributed by atoms with van der Waals surface area (Å²) in [6.45, 7) is 4.13. The van der Waals surface area contributed by atoms with Crippen LogP contribution in [0.15, 0.2) is 18.3 Å². The average Bonchev–Trinajstić information content (AvgIpc) is 2.56. The monoisotopic (exact) mass is 202 g/mol. The number of nitrogens with zero attached hydrogens (tertiary/aromatic N) is 2. The van der Waals surface area contributed by atoms with Gasteiger partial charge in [-0.25, -0.2) is 4.98 Å². The molecule has 78 valence electrons. The van der Waals surface area contributed by atoms with Crippen molar-refractivity contribution in [2.75, 3.05) is 0 Å². The summed E-state index contributed by atoms with van der Waals surface area (Å²) in [7, 11) is 0. The summed E-state index contributed by atoms with van der Waals surface area (Å²) in [6, 6.07) is 4.07. The molecule has 0 aliphatic carbocycles. The van der Waals surface area contributed by atoms with E-state index in [9.17, 15) is 4.79 Å². The lowest BCUT2D eigenvalue weighted by molar-refractivity contribution is -0.107. The van der Waals surface area contributed by atoms with Crippen molar-refractivity contribution in [3.8, 4) is 0 Å². The van der Waals surface area contributed by atoms with Crippen LogP contribution in [0.3, 0.4) is 0 Å². The lowest BCUT2D eigenvalue weighted by Gasteiger charge is -1.99. The van der Waals surface area contributed by atoms with Gasteiger partial charge < -0.3 is 9.20 Å². The van der Waals surface area contributed by atoms with E-state index in [1.165, 1.54) is 5.56 Å². The molecule has 0 saturated heterocycles. The van der Waals surface area contributed by atoms with Gasteiger partial charge in [0.1, 0.15) is 12.1 Å². The zero-order chi connectivity index (χ0) is 10.8. The van der Waals surface area contributed by atoms with Crippen LogP contribution in [-0.2, 0) is 17.6 Å². The van der Waals surface area contributed by atoms with Gasteiger partial charge in [-0.1, -0.05) is 13.0 Å². The zero-order valence-electron chi connectivity index (χ0n) is 9.03. The van der Waals surface area contributed by atoms with Crippen LogP contribution in [0.4, 0.5) is 0 Å². The van der Waals surface area contributed by atoms with E-state index in [2.05, 4.69) is 29.4 Å². The second kappa shape index (κ2) is 3.85. The molecular formula is C12H14N2O. The van der Waals surface area contributed by atoms with Crippen LogP contribution in [0.25, 0.3) is 5.52 Å². The van der Waals surface area contributed by atoms with E-state index in [4.69, 9.17) is 0 Å². The van der Waals surface area contributed by atoms with Crippen molar-refractivity contribution in [2.24, 2.45) is 0 Å². The predicted octanol–water partition coefficient (Wildman–Crippen LogP) is 1.95. The Hall–Kier alpha value is -1.64. The average molecular weight is 202 g/mol. The SMILES string of the molecule is CCc1nc(CC=O)c2ccc(C)cn12. The number of carbonyl (C=O) groups excluding carboxylic acids is 1. The molecule has 0 aliphatic rings. The van der Waals surface area contributed by atoms with Crippen molar-refractivity contribution in [3.05, 3.63) is 35.4 Å². The minimum atomic E-state index is 0.395. The first-order chi connectivity index (χ1) is 7.26. The Kier molecular flexibility index (Phi) is 2.54. The first-order valence-corrected chi connectivity index (χ1v) is 5.16. The van der Waals surface area contributed by atoms with Crippen LogP contribution in [0.5, 0.6) is 0 Å². The Morgan fingerprint density at radius 1 is 1.47 bits per heavy atom. The molecule has 0 aromatic carbocycles. The number of pyridine rings is 1. The summed E-state index contributed by atoms with van der Waals surface area (Å²) in [6.07, 6.45) is 4.24. The maximum atomic E-state index is 10.5. The Morgan fingerprint density at radius 3 is 2.93 bits per heavy atom.